The summed E-state index contributed by atoms with van der Waals surface area (Å²) in [4.78, 5) is 15.1. The molecule has 0 radical (unpaired) electrons. The molecule has 0 saturated carbocycles. The number of nitrogens with zero attached hydrogens (tertiary/aromatic N) is 3. The number of aromatic hydroxyl groups is 1. The number of hydrogen-bond donors (Lipinski definition) is 3. The Balaban J connectivity index is 2.01. The molecule has 1 amide bonds. The van der Waals surface area contributed by atoms with Crippen LogP contribution < -0.4 is 10.2 Å². The van der Waals surface area contributed by atoms with Gasteiger partial charge in [0.1, 0.15) is 6.33 Å². The minimum atomic E-state index is -0.500. The lowest BCUT2D eigenvalue weighted by Crippen LogP contribution is -2.19. The van der Waals surface area contributed by atoms with E-state index >= 15 is 0 Å². The standard InChI is InChI=1S/C11H11N5O3/c1-19-9-4-7(2-3-8(9)17)5-13-16-11(18)10-12-6-14-15-10/h2-6,17H,1H3,(H,16,18)(H,12,14,15). The molecule has 1 aromatic heterocycles. The fourth-order valence-electron chi connectivity index (χ4n) is 1.31. The number of ether oxygens (including phenoxy) is 1. The molecule has 0 spiro atoms. The summed E-state index contributed by atoms with van der Waals surface area (Å²) >= 11 is 0. The summed E-state index contributed by atoms with van der Waals surface area (Å²) in [5.41, 5.74) is 2.94. The first-order valence-electron chi connectivity index (χ1n) is 5.26. The lowest BCUT2D eigenvalue weighted by molar-refractivity contribution is 0.0945. The summed E-state index contributed by atoms with van der Waals surface area (Å²) in [6.07, 6.45) is 2.64. The van der Waals surface area contributed by atoms with Crippen molar-refractivity contribution in [3.05, 3.63) is 35.9 Å². The predicted octanol–water partition coefficient (Wildman–Crippen LogP) is 0.283. The van der Waals surface area contributed by atoms with Crippen molar-refractivity contribution in [2.45, 2.75) is 0 Å². The summed E-state index contributed by atoms with van der Waals surface area (Å²) in [5.74, 6) is -0.0733. The Morgan fingerprint density at radius 1 is 1.58 bits per heavy atom. The van der Waals surface area contributed by atoms with Crippen LogP contribution in [-0.4, -0.2) is 39.5 Å². The quantitative estimate of drug-likeness (QED) is 0.540. The van der Waals surface area contributed by atoms with Crippen LogP contribution in [0.25, 0.3) is 0 Å². The molecule has 1 aromatic carbocycles. The number of nitrogens with one attached hydrogen (secondary N) is 2. The zero-order valence-electron chi connectivity index (χ0n) is 9.99. The van der Waals surface area contributed by atoms with Gasteiger partial charge >= 0.3 is 5.91 Å². The van der Waals surface area contributed by atoms with Gasteiger partial charge in [-0.2, -0.15) is 10.2 Å². The number of aromatic amines is 1. The maximum Gasteiger partial charge on any atom is 0.308 e. The van der Waals surface area contributed by atoms with Crippen LogP contribution in [0.4, 0.5) is 0 Å². The molecule has 3 N–H and O–H groups in total. The largest absolute Gasteiger partial charge is 0.504 e. The molecular weight excluding hydrogens is 250 g/mol. The van der Waals surface area contributed by atoms with Crippen LogP contribution in [0.5, 0.6) is 11.5 Å². The van der Waals surface area contributed by atoms with Gasteiger partial charge in [0.25, 0.3) is 0 Å². The zero-order chi connectivity index (χ0) is 13.7. The molecule has 0 atom stereocenters. The van der Waals surface area contributed by atoms with Crippen LogP contribution in [0.2, 0.25) is 0 Å². The number of carbonyl (C=O) groups excluding carboxylic acids is 1. The van der Waals surface area contributed by atoms with Gasteiger partial charge in [0.2, 0.25) is 5.82 Å². The van der Waals surface area contributed by atoms with Gasteiger partial charge in [0.05, 0.1) is 13.3 Å². The summed E-state index contributed by atoms with van der Waals surface area (Å²) < 4.78 is 4.95. The van der Waals surface area contributed by atoms with Crippen LogP contribution in [0, 0.1) is 0 Å². The monoisotopic (exact) mass is 261 g/mol. The number of phenolic OH excluding ortho intramolecular Hbond substituents is 1. The van der Waals surface area contributed by atoms with E-state index in [1.165, 1.54) is 25.7 Å². The number of aromatic nitrogens is 3. The summed E-state index contributed by atoms with van der Waals surface area (Å²) in [6.45, 7) is 0. The molecule has 2 aromatic rings. The normalized spacial score (nSPS) is 10.6. The Morgan fingerprint density at radius 2 is 2.42 bits per heavy atom. The van der Waals surface area contributed by atoms with Crippen molar-refractivity contribution in [3.8, 4) is 11.5 Å². The Kier molecular flexibility index (Phi) is 3.72. The Labute approximate surface area is 108 Å². The molecule has 0 aliphatic heterocycles. The van der Waals surface area contributed by atoms with Gasteiger partial charge in [0.15, 0.2) is 11.5 Å². The van der Waals surface area contributed by atoms with Crippen molar-refractivity contribution >= 4 is 12.1 Å². The highest BCUT2D eigenvalue weighted by atomic mass is 16.5. The third-order valence-electron chi connectivity index (χ3n) is 2.21. The van der Waals surface area contributed by atoms with Gasteiger partial charge in [-0.1, -0.05) is 0 Å². The summed E-state index contributed by atoms with van der Waals surface area (Å²) in [5, 5.41) is 19.1. The molecule has 0 fully saturated rings. The van der Waals surface area contributed by atoms with Gasteiger partial charge in [-0.25, -0.2) is 10.4 Å². The maximum atomic E-state index is 11.4. The van der Waals surface area contributed by atoms with Crippen LogP contribution in [0.1, 0.15) is 16.2 Å². The second-order valence-electron chi connectivity index (χ2n) is 3.46. The zero-order valence-corrected chi connectivity index (χ0v) is 9.99. The first kappa shape index (κ1) is 12.6. The lowest BCUT2D eigenvalue weighted by atomic mass is 10.2. The molecule has 0 aliphatic rings. The molecule has 98 valence electrons. The third-order valence-corrected chi connectivity index (χ3v) is 2.21. The van der Waals surface area contributed by atoms with Gasteiger partial charge in [-0.3, -0.25) is 9.89 Å². The van der Waals surface area contributed by atoms with Crippen LogP contribution in [-0.2, 0) is 0 Å². The fourth-order valence-corrected chi connectivity index (χ4v) is 1.31. The number of phenols is 1. The van der Waals surface area contributed by atoms with Crippen molar-refractivity contribution in [2.24, 2.45) is 5.10 Å². The maximum absolute atomic E-state index is 11.4. The second kappa shape index (κ2) is 5.63. The first-order chi connectivity index (χ1) is 9.20. The predicted molar refractivity (Wildman–Crippen MR) is 66.1 cm³/mol. The van der Waals surface area contributed by atoms with E-state index in [1.54, 1.807) is 12.1 Å². The van der Waals surface area contributed by atoms with E-state index in [0.29, 0.717) is 11.3 Å². The number of hydrogen-bond acceptors (Lipinski definition) is 6. The number of amides is 1. The van der Waals surface area contributed by atoms with Crippen LogP contribution in [0.3, 0.4) is 0 Å². The van der Waals surface area contributed by atoms with E-state index in [1.807, 2.05) is 0 Å². The third kappa shape index (κ3) is 3.06. The minimum absolute atomic E-state index is 0.0327. The Bertz CT molecular complexity index is 594. The molecule has 0 bridgehead atoms. The topological polar surface area (TPSA) is 112 Å². The van der Waals surface area contributed by atoms with E-state index in [4.69, 9.17) is 4.74 Å². The number of benzene rings is 1. The highest BCUT2D eigenvalue weighted by molar-refractivity contribution is 5.91. The highest BCUT2D eigenvalue weighted by Crippen LogP contribution is 2.25. The Hall–Kier alpha value is -2.90. The average molecular weight is 261 g/mol. The fraction of sp³-hybridized carbons (Fsp3) is 0.0909. The SMILES string of the molecule is COc1cc(C=NNC(=O)c2ncn[nH]2)ccc1O. The van der Waals surface area contributed by atoms with E-state index in [-0.39, 0.29) is 11.6 Å². The van der Waals surface area contributed by atoms with E-state index < -0.39 is 5.91 Å². The molecule has 8 nitrogen and oxygen atoms in total. The lowest BCUT2D eigenvalue weighted by Gasteiger charge is -2.03. The minimum Gasteiger partial charge on any atom is -0.504 e. The second-order valence-corrected chi connectivity index (χ2v) is 3.46. The Morgan fingerprint density at radius 3 is 3.11 bits per heavy atom. The molecule has 19 heavy (non-hydrogen) atoms. The van der Waals surface area contributed by atoms with Crippen molar-refractivity contribution in [2.75, 3.05) is 7.11 Å². The van der Waals surface area contributed by atoms with Crippen molar-refractivity contribution < 1.29 is 14.6 Å². The molecule has 1 heterocycles. The molecule has 8 heteroatoms. The number of hydrazone groups is 1. The summed E-state index contributed by atoms with van der Waals surface area (Å²) in [6, 6.07) is 4.68. The number of rotatable bonds is 4. The molecule has 0 saturated heterocycles. The number of H-pyrrole nitrogens is 1. The van der Waals surface area contributed by atoms with Crippen molar-refractivity contribution in [3.63, 3.8) is 0 Å². The van der Waals surface area contributed by atoms with E-state index in [9.17, 15) is 9.90 Å². The van der Waals surface area contributed by atoms with Crippen molar-refractivity contribution in [1.82, 2.24) is 20.6 Å². The molecule has 0 aliphatic carbocycles. The highest BCUT2D eigenvalue weighted by Gasteiger charge is 2.06. The summed E-state index contributed by atoms with van der Waals surface area (Å²) in [7, 11) is 1.45. The van der Waals surface area contributed by atoms with Gasteiger partial charge in [-0.15, -0.1) is 0 Å². The molecule has 2 rings (SSSR count). The average Bonchev–Trinajstić information content (AvgIpc) is 2.94. The first-order valence-corrected chi connectivity index (χ1v) is 5.26. The smallest absolute Gasteiger partial charge is 0.308 e. The van der Waals surface area contributed by atoms with E-state index in [0.717, 1.165) is 0 Å². The molecular formula is C11H11N5O3. The van der Waals surface area contributed by atoms with Gasteiger partial charge < -0.3 is 9.84 Å². The van der Waals surface area contributed by atoms with Gasteiger partial charge in [0, 0.05) is 0 Å². The number of carbonyl (C=O) groups is 1. The van der Waals surface area contributed by atoms with E-state index in [2.05, 4.69) is 25.7 Å². The van der Waals surface area contributed by atoms with Gasteiger partial charge in [-0.05, 0) is 23.8 Å². The molecule has 0 unspecified atom stereocenters. The van der Waals surface area contributed by atoms with Crippen LogP contribution in [0.15, 0.2) is 29.6 Å². The van der Waals surface area contributed by atoms with Crippen molar-refractivity contribution in [1.29, 1.82) is 0 Å². The van der Waals surface area contributed by atoms with Crippen LogP contribution >= 0.6 is 0 Å². The number of methoxy groups -OCH3 is 1.